The maximum absolute atomic E-state index is 12.0. The quantitative estimate of drug-likeness (QED) is 0.0512. The summed E-state index contributed by atoms with van der Waals surface area (Å²) in [6, 6.07) is 0. The molecule has 0 bridgehead atoms. The summed E-state index contributed by atoms with van der Waals surface area (Å²) in [6.45, 7) is 9.06. The Bertz CT molecular complexity index is 691. The van der Waals surface area contributed by atoms with Gasteiger partial charge in [-0.1, -0.05) is 214 Å². The monoisotopic (exact) mass is 695 g/mol. The minimum absolute atomic E-state index is 0.108. The Morgan fingerprint density at radius 1 is 0.367 bits per heavy atom. The molecule has 49 heavy (non-hydrogen) atoms. The standard InChI is InChI=1S/C44H86O5/c1-40(2)34-30-26-22-18-14-10-6-5-7-12-16-20-24-28-32-36-43(46)48-38-42(45)39-49-44(47)37-33-29-25-21-17-13-9-8-11-15-19-23-27-31-35-41(3)4/h40-42,45H,5-39H2,1-4H3/t42-/m1/s1. The number of hydrogen-bond donors (Lipinski definition) is 1. The van der Waals surface area contributed by atoms with Gasteiger partial charge in [-0.15, -0.1) is 0 Å². The number of unbranched alkanes of at least 4 members (excludes halogenated alkanes) is 27. The van der Waals surface area contributed by atoms with Gasteiger partial charge in [-0.25, -0.2) is 0 Å². The Morgan fingerprint density at radius 2 is 0.571 bits per heavy atom. The maximum atomic E-state index is 12.0. The van der Waals surface area contributed by atoms with Crippen molar-refractivity contribution >= 4 is 11.9 Å². The van der Waals surface area contributed by atoms with Crippen molar-refractivity contribution in [3.63, 3.8) is 0 Å². The third kappa shape index (κ3) is 41.2. The summed E-state index contributed by atoms with van der Waals surface area (Å²) in [6.07, 6.45) is 40.2. The first-order valence-electron chi connectivity index (χ1n) is 21.8. The van der Waals surface area contributed by atoms with E-state index in [1.54, 1.807) is 0 Å². The van der Waals surface area contributed by atoms with Gasteiger partial charge >= 0.3 is 11.9 Å². The molecule has 0 saturated heterocycles. The third-order valence-electron chi connectivity index (χ3n) is 9.95. The minimum atomic E-state index is -0.956. The van der Waals surface area contributed by atoms with Gasteiger partial charge in [-0.3, -0.25) is 9.59 Å². The van der Waals surface area contributed by atoms with Crippen molar-refractivity contribution in [2.45, 2.75) is 246 Å². The van der Waals surface area contributed by atoms with Crippen LogP contribution in [0.1, 0.15) is 240 Å². The van der Waals surface area contributed by atoms with E-state index in [-0.39, 0.29) is 25.2 Å². The van der Waals surface area contributed by atoms with Crippen LogP contribution in [0.5, 0.6) is 0 Å². The van der Waals surface area contributed by atoms with E-state index in [4.69, 9.17) is 9.47 Å². The summed E-state index contributed by atoms with van der Waals surface area (Å²) < 4.78 is 10.4. The first-order chi connectivity index (χ1) is 23.8. The van der Waals surface area contributed by atoms with Gasteiger partial charge in [0.25, 0.3) is 0 Å². The molecule has 0 spiro atoms. The van der Waals surface area contributed by atoms with Gasteiger partial charge in [-0.2, -0.15) is 0 Å². The van der Waals surface area contributed by atoms with Crippen molar-refractivity contribution in [2.24, 2.45) is 11.8 Å². The molecule has 0 aliphatic carbocycles. The number of ether oxygens (including phenoxy) is 2. The lowest BCUT2D eigenvalue weighted by atomic mass is 10.0. The van der Waals surface area contributed by atoms with Crippen LogP contribution < -0.4 is 0 Å². The summed E-state index contributed by atoms with van der Waals surface area (Å²) in [5.74, 6) is 1.16. The molecular weight excluding hydrogens is 608 g/mol. The van der Waals surface area contributed by atoms with Crippen LogP contribution >= 0.6 is 0 Å². The Morgan fingerprint density at radius 3 is 0.796 bits per heavy atom. The van der Waals surface area contributed by atoms with Crippen molar-refractivity contribution < 1.29 is 24.2 Å². The fourth-order valence-electron chi connectivity index (χ4n) is 6.63. The van der Waals surface area contributed by atoms with Gasteiger partial charge in [0.2, 0.25) is 0 Å². The fourth-order valence-corrected chi connectivity index (χ4v) is 6.63. The molecule has 0 saturated carbocycles. The van der Waals surface area contributed by atoms with Crippen LogP contribution in [0.4, 0.5) is 0 Å². The van der Waals surface area contributed by atoms with Crippen molar-refractivity contribution in [3.05, 3.63) is 0 Å². The van der Waals surface area contributed by atoms with E-state index in [9.17, 15) is 14.7 Å². The molecular formula is C44H86O5. The Labute approximate surface area is 306 Å². The Kier molecular flexibility index (Phi) is 37.3. The molecule has 0 heterocycles. The van der Waals surface area contributed by atoms with E-state index >= 15 is 0 Å². The molecule has 5 nitrogen and oxygen atoms in total. The highest BCUT2D eigenvalue weighted by Crippen LogP contribution is 2.17. The summed E-state index contributed by atoms with van der Waals surface area (Å²) >= 11 is 0. The smallest absolute Gasteiger partial charge is 0.305 e. The lowest BCUT2D eigenvalue weighted by Crippen LogP contribution is -2.25. The molecule has 0 aliphatic rings. The second-order valence-electron chi connectivity index (χ2n) is 16.1. The van der Waals surface area contributed by atoms with Crippen LogP contribution in [-0.2, 0) is 19.1 Å². The van der Waals surface area contributed by atoms with Crippen LogP contribution in [-0.4, -0.2) is 36.4 Å². The predicted molar refractivity (Wildman–Crippen MR) is 210 cm³/mol. The van der Waals surface area contributed by atoms with E-state index < -0.39 is 6.10 Å². The molecule has 1 atom stereocenters. The molecule has 0 fully saturated rings. The molecule has 292 valence electrons. The second-order valence-corrected chi connectivity index (χ2v) is 16.1. The van der Waals surface area contributed by atoms with Crippen molar-refractivity contribution in [2.75, 3.05) is 13.2 Å². The molecule has 1 N–H and O–H groups in total. The topological polar surface area (TPSA) is 72.8 Å². The van der Waals surface area contributed by atoms with Gasteiger partial charge in [-0.05, 0) is 24.7 Å². The van der Waals surface area contributed by atoms with Crippen LogP contribution in [0.3, 0.4) is 0 Å². The fraction of sp³-hybridized carbons (Fsp3) is 0.955. The number of aliphatic hydroxyl groups excluding tert-OH is 1. The summed E-state index contributed by atoms with van der Waals surface area (Å²) in [5.41, 5.74) is 0. The number of rotatable bonds is 39. The van der Waals surface area contributed by atoms with E-state index in [1.807, 2.05) is 0 Å². The van der Waals surface area contributed by atoms with Gasteiger partial charge in [0.15, 0.2) is 0 Å². The number of carbonyl (C=O) groups is 2. The van der Waals surface area contributed by atoms with Crippen molar-refractivity contribution in [1.82, 2.24) is 0 Å². The normalized spacial score (nSPS) is 12.2. The largest absolute Gasteiger partial charge is 0.463 e. The molecule has 0 aromatic heterocycles. The molecule has 0 amide bonds. The SMILES string of the molecule is CC(C)CCCCCCCCCCCCCCCCCC(=O)OC[C@@H](O)COC(=O)CCCCCCCCCCCCCCCCC(C)C. The average Bonchev–Trinajstić information content (AvgIpc) is 3.07. The maximum Gasteiger partial charge on any atom is 0.305 e. The summed E-state index contributed by atoms with van der Waals surface area (Å²) in [7, 11) is 0. The van der Waals surface area contributed by atoms with E-state index in [0.29, 0.717) is 12.8 Å². The first-order valence-corrected chi connectivity index (χ1v) is 21.8. The second kappa shape index (κ2) is 38.1. The van der Waals surface area contributed by atoms with E-state index in [2.05, 4.69) is 27.7 Å². The molecule has 0 unspecified atom stereocenters. The molecule has 0 aromatic rings. The third-order valence-corrected chi connectivity index (χ3v) is 9.95. The van der Waals surface area contributed by atoms with Crippen LogP contribution in [0.2, 0.25) is 0 Å². The average molecular weight is 695 g/mol. The highest BCUT2D eigenvalue weighted by atomic mass is 16.6. The van der Waals surface area contributed by atoms with Gasteiger partial charge in [0.05, 0.1) is 0 Å². The minimum Gasteiger partial charge on any atom is -0.463 e. The summed E-state index contributed by atoms with van der Waals surface area (Å²) in [5, 5.41) is 10.0. The van der Waals surface area contributed by atoms with Crippen LogP contribution in [0.25, 0.3) is 0 Å². The molecule has 0 aromatic carbocycles. The predicted octanol–water partition coefficient (Wildman–Crippen LogP) is 13.6. The van der Waals surface area contributed by atoms with E-state index in [1.165, 1.54) is 173 Å². The molecule has 0 rings (SSSR count). The number of esters is 2. The van der Waals surface area contributed by atoms with Gasteiger partial charge < -0.3 is 14.6 Å². The van der Waals surface area contributed by atoms with Gasteiger partial charge in [0, 0.05) is 12.8 Å². The number of hydrogen-bond acceptors (Lipinski definition) is 5. The lowest BCUT2D eigenvalue weighted by Gasteiger charge is -2.12. The summed E-state index contributed by atoms with van der Waals surface area (Å²) in [4.78, 5) is 24.0. The lowest BCUT2D eigenvalue weighted by molar-refractivity contribution is -0.152. The van der Waals surface area contributed by atoms with Crippen molar-refractivity contribution in [1.29, 1.82) is 0 Å². The first kappa shape index (κ1) is 47.9. The molecule has 0 radical (unpaired) electrons. The number of aliphatic hydroxyl groups is 1. The zero-order chi connectivity index (χ0) is 36.0. The Hall–Kier alpha value is -1.10. The molecule has 0 aliphatic heterocycles. The zero-order valence-corrected chi connectivity index (χ0v) is 33.6. The van der Waals surface area contributed by atoms with E-state index in [0.717, 1.165) is 37.5 Å². The Balaban J connectivity index is 3.36. The van der Waals surface area contributed by atoms with Gasteiger partial charge in [0.1, 0.15) is 19.3 Å². The highest BCUT2D eigenvalue weighted by Gasteiger charge is 2.12. The molecule has 5 heteroatoms. The highest BCUT2D eigenvalue weighted by molar-refractivity contribution is 5.69. The van der Waals surface area contributed by atoms with Crippen molar-refractivity contribution in [3.8, 4) is 0 Å². The van der Waals surface area contributed by atoms with Crippen LogP contribution in [0.15, 0.2) is 0 Å². The number of carbonyl (C=O) groups excluding carboxylic acids is 2. The van der Waals surface area contributed by atoms with Crippen LogP contribution in [0, 0.1) is 11.8 Å². The zero-order valence-electron chi connectivity index (χ0n) is 33.6.